The van der Waals surface area contributed by atoms with Crippen LogP contribution in [0.25, 0.3) is 0 Å². The zero-order valence-electron chi connectivity index (χ0n) is 6.79. The van der Waals surface area contributed by atoms with Gasteiger partial charge in [-0.15, -0.1) is 0 Å². The summed E-state index contributed by atoms with van der Waals surface area (Å²) in [6, 6.07) is 5.75. The van der Waals surface area contributed by atoms with Crippen LogP contribution >= 0.6 is 0 Å². The van der Waals surface area contributed by atoms with Crippen molar-refractivity contribution in [3.8, 4) is 0 Å². The molecule has 3 heteroatoms. The normalized spacial score (nSPS) is 21.9. The summed E-state index contributed by atoms with van der Waals surface area (Å²) in [7, 11) is 0. The monoisotopic (exact) mass is 164 g/mol. The van der Waals surface area contributed by atoms with Crippen LogP contribution in [0.5, 0.6) is 0 Å². The van der Waals surface area contributed by atoms with Gasteiger partial charge in [-0.1, -0.05) is 12.1 Å². The molecule has 1 aromatic rings. The average molecular weight is 164 g/mol. The number of ether oxygens (including phenoxy) is 1. The Labute approximate surface area is 71.3 Å². The number of nitrogens with two attached hydrogens (primary N) is 2. The number of benzene rings is 1. The molecule has 0 amide bonds. The van der Waals surface area contributed by atoms with Gasteiger partial charge < -0.3 is 16.2 Å². The van der Waals surface area contributed by atoms with Crippen LogP contribution in [0.4, 0.5) is 5.69 Å². The van der Waals surface area contributed by atoms with Crippen LogP contribution in [0.2, 0.25) is 0 Å². The molecule has 2 rings (SSSR count). The summed E-state index contributed by atoms with van der Waals surface area (Å²) in [4.78, 5) is 0. The van der Waals surface area contributed by atoms with E-state index in [0.29, 0.717) is 13.2 Å². The topological polar surface area (TPSA) is 61.3 Å². The Morgan fingerprint density at radius 2 is 2.25 bits per heavy atom. The van der Waals surface area contributed by atoms with Crippen LogP contribution in [-0.2, 0) is 11.3 Å². The molecular weight excluding hydrogens is 152 g/mol. The number of nitrogen functional groups attached to an aromatic ring is 1. The number of hydrogen-bond donors (Lipinski definition) is 2. The average Bonchev–Trinajstić information content (AvgIpc) is 2.04. The van der Waals surface area contributed by atoms with Gasteiger partial charge in [0, 0.05) is 5.69 Å². The van der Waals surface area contributed by atoms with Gasteiger partial charge in [0.25, 0.3) is 0 Å². The third-order valence-electron chi connectivity index (χ3n) is 2.16. The van der Waals surface area contributed by atoms with Crippen molar-refractivity contribution in [3.05, 3.63) is 29.3 Å². The molecule has 1 aliphatic rings. The lowest BCUT2D eigenvalue weighted by molar-refractivity contribution is 0.0927. The fourth-order valence-electron chi connectivity index (χ4n) is 1.59. The molecule has 1 aromatic carbocycles. The van der Waals surface area contributed by atoms with E-state index < -0.39 is 0 Å². The van der Waals surface area contributed by atoms with Gasteiger partial charge in [0.05, 0.1) is 19.3 Å². The quantitative estimate of drug-likeness (QED) is 0.557. The standard InChI is InChI=1S/C9H12N2O/c10-7-3-1-2-6-4-12-5-8(11)9(6)7/h1-3,8H,4-5,10-11H2/t8-/m1/s1. The highest BCUT2D eigenvalue weighted by atomic mass is 16.5. The molecule has 0 spiro atoms. The Bertz CT molecular complexity index is 299. The minimum atomic E-state index is -0.0602. The highest BCUT2D eigenvalue weighted by molar-refractivity contribution is 5.53. The Balaban J connectivity index is 2.53. The lowest BCUT2D eigenvalue weighted by Crippen LogP contribution is -2.24. The van der Waals surface area contributed by atoms with Gasteiger partial charge in [-0.2, -0.15) is 0 Å². The van der Waals surface area contributed by atoms with Crippen molar-refractivity contribution in [2.24, 2.45) is 5.73 Å². The van der Waals surface area contributed by atoms with Crippen molar-refractivity contribution in [1.82, 2.24) is 0 Å². The molecule has 4 N–H and O–H groups in total. The van der Waals surface area contributed by atoms with Crippen LogP contribution < -0.4 is 11.5 Å². The maximum absolute atomic E-state index is 5.84. The molecule has 0 bridgehead atoms. The zero-order valence-corrected chi connectivity index (χ0v) is 6.79. The molecule has 3 nitrogen and oxygen atoms in total. The second-order valence-corrected chi connectivity index (χ2v) is 3.04. The fourth-order valence-corrected chi connectivity index (χ4v) is 1.59. The lowest BCUT2D eigenvalue weighted by Gasteiger charge is -2.23. The van der Waals surface area contributed by atoms with E-state index in [1.54, 1.807) is 0 Å². The van der Waals surface area contributed by atoms with E-state index in [2.05, 4.69) is 0 Å². The Kier molecular flexibility index (Phi) is 1.75. The summed E-state index contributed by atoms with van der Waals surface area (Å²) < 4.78 is 5.28. The molecular formula is C9H12N2O. The first kappa shape index (κ1) is 7.58. The molecule has 0 saturated heterocycles. The first-order valence-electron chi connectivity index (χ1n) is 3.99. The molecule has 0 aliphatic carbocycles. The molecule has 64 valence electrons. The summed E-state index contributed by atoms with van der Waals surface area (Å²) in [6.45, 7) is 1.20. The molecule has 0 radical (unpaired) electrons. The van der Waals surface area contributed by atoms with E-state index in [4.69, 9.17) is 16.2 Å². The lowest BCUT2D eigenvalue weighted by atomic mass is 9.98. The van der Waals surface area contributed by atoms with E-state index in [9.17, 15) is 0 Å². The van der Waals surface area contributed by atoms with Gasteiger partial charge in [0.1, 0.15) is 0 Å². The summed E-state index contributed by atoms with van der Waals surface area (Å²) in [5, 5.41) is 0. The third kappa shape index (κ3) is 1.07. The van der Waals surface area contributed by atoms with Crippen molar-refractivity contribution in [1.29, 1.82) is 0 Å². The van der Waals surface area contributed by atoms with E-state index in [0.717, 1.165) is 16.8 Å². The van der Waals surface area contributed by atoms with Crippen molar-refractivity contribution in [2.75, 3.05) is 12.3 Å². The molecule has 1 aliphatic heterocycles. The molecule has 0 aromatic heterocycles. The zero-order chi connectivity index (χ0) is 8.55. The Morgan fingerprint density at radius 1 is 1.42 bits per heavy atom. The maximum Gasteiger partial charge on any atom is 0.0721 e. The van der Waals surface area contributed by atoms with Crippen LogP contribution in [-0.4, -0.2) is 6.61 Å². The van der Waals surface area contributed by atoms with Gasteiger partial charge in [-0.25, -0.2) is 0 Å². The van der Waals surface area contributed by atoms with Gasteiger partial charge in [0.2, 0.25) is 0 Å². The number of fused-ring (bicyclic) bond motifs is 1. The highest BCUT2D eigenvalue weighted by Gasteiger charge is 2.18. The minimum Gasteiger partial charge on any atom is -0.398 e. The van der Waals surface area contributed by atoms with E-state index in [1.165, 1.54) is 0 Å². The molecule has 12 heavy (non-hydrogen) atoms. The highest BCUT2D eigenvalue weighted by Crippen LogP contribution is 2.27. The van der Waals surface area contributed by atoms with Gasteiger partial charge in [0.15, 0.2) is 0 Å². The first-order valence-corrected chi connectivity index (χ1v) is 3.99. The number of rotatable bonds is 0. The van der Waals surface area contributed by atoms with Crippen LogP contribution in [0, 0.1) is 0 Å². The van der Waals surface area contributed by atoms with Crippen molar-refractivity contribution in [2.45, 2.75) is 12.6 Å². The fraction of sp³-hybridized carbons (Fsp3) is 0.333. The van der Waals surface area contributed by atoms with Crippen molar-refractivity contribution in [3.63, 3.8) is 0 Å². The molecule has 0 saturated carbocycles. The number of hydrogen-bond acceptors (Lipinski definition) is 3. The van der Waals surface area contributed by atoms with E-state index in [1.807, 2.05) is 18.2 Å². The Morgan fingerprint density at radius 3 is 3.00 bits per heavy atom. The smallest absolute Gasteiger partial charge is 0.0721 e. The largest absolute Gasteiger partial charge is 0.398 e. The van der Waals surface area contributed by atoms with Crippen LogP contribution in [0.3, 0.4) is 0 Å². The SMILES string of the molecule is Nc1cccc2c1[C@H](N)COC2. The van der Waals surface area contributed by atoms with Crippen LogP contribution in [0.1, 0.15) is 17.2 Å². The second-order valence-electron chi connectivity index (χ2n) is 3.04. The van der Waals surface area contributed by atoms with Gasteiger partial charge >= 0.3 is 0 Å². The summed E-state index contributed by atoms with van der Waals surface area (Å²) in [6.07, 6.45) is 0. The second kappa shape index (κ2) is 2.77. The Hall–Kier alpha value is -1.06. The number of anilines is 1. The minimum absolute atomic E-state index is 0.0602. The third-order valence-corrected chi connectivity index (χ3v) is 2.16. The molecule has 1 atom stereocenters. The summed E-state index contributed by atoms with van der Waals surface area (Å²) >= 11 is 0. The first-order chi connectivity index (χ1) is 5.79. The molecule has 1 heterocycles. The van der Waals surface area contributed by atoms with Crippen molar-refractivity contribution < 1.29 is 4.74 Å². The predicted octanol–water partition coefficient (Wildman–Crippen LogP) is 0.799. The molecule has 0 fully saturated rings. The van der Waals surface area contributed by atoms with Gasteiger partial charge in [-0.3, -0.25) is 0 Å². The van der Waals surface area contributed by atoms with E-state index >= 15 is 0 Å². The maximum atomic E-state index is 5.84. The van der Waals surface area contributed by atoms with Gasteiger partial charge in [-0.05, 0) is 17.2 Å². The molecule has 0 unspecified atom stereocenters. The summed E-state index contributed by atoms with van der Waals surface area (Å²) in [5.41, 5.74) is 14.6. The summed E-state index contributed by atoms with van der Waals surface area (Å²) in [5.74, 6) is 0. The van der Waals surface area contributed by atoms with E-state index in [-0.39, 0.29) is 6.04 Å². The van der Waals surface area contributed by atoms with Crippen molar-refractivity contribution >= 4 is 5.69 Å². The predicted molar refractivity (Wildman–Crippen MR) is 47.4 cm³/mol. The van der Waals surface area contributed by atoms with Crippen LogP contribution in [0.15, 0.2) is 18.2 Å².